The van der Waals surface area contributed by atoms with E-state index in [1.807, 2.05) is 19.1 Å². The Hall–Kier alpha value is -0.890. The van der Waals surface area contributed by atoms with E-state index in [0.29, 0.717) is 32.2 Å². The van der Waals surface area contributed by atoms with Crippen LogP contribution in [0.25, 0.3) is 0 Å². The van der Waals surface area contributed by atoms with Crippen molar-refractivity contribution in [3.63, 3.8) is 0 Å². The molecule has 0 aliphatic carbocycles. The smallest absolute Gasteiger partial charge is 0.282 e. The second kappa shape index (κ2) is 6.70. The van der Waals surface area contributed by atoms with E-state index in [0.717, 1.165) is 31.6 Å². The fraction of sp³-hybridized carbons (Fsp3) is 0.733. The van der Waals surface area contributed by atoms with Crippen molar-refractivity contribution < 1.29 is 17.6 Å². The Morgan fingerprint density at radius 3 is 2.91 bits per heavy atom. The van der Waals surface area contributed by atoms with Gasteiger partial charge in [-0.2, -0.15) is 17.0 Å². The predicted octanol–water partition coefficient (Wildman–Crippen LogP) is 2.02. The van der Waals surface area contributed by atoms with E-state index in [9.17, 15) is 8.42 Å². The Labute approximate surface area is 132 Å². The Balaban J connectivity index is 1.77. The van der Waals surface area contributed by atoms with Gasteiger partial charge >= 0.3 is 0 Å². The van der Waals surface area contributed by atoms with E-state index in [1.165, 1.54) is 0 Å². The molecule has 22 heavy (non-hydrogen) atoms. The average molecular weight is 328 g/mol. The number of hydrogen-bond donors (Lipinski definition) is 0. The van der Waals surface area contributed by atoms with Crippen LogP contribution >= 0.6 is 0 Å². The van der Waals surface area contributed by atoms with Gasteiger partial charge in [-0.25, -0.2) is 0 Å². The van der Waals surface area contributed by atoms with Gasteiger partial charge in [0.05, 0.1) is 18.9 Å². The van der Waals surface area contributed by atoms with Crippen LogP contribution in [0.1, 0.15) is 38.0 Å². The van der Waals surface area contributed by atoms with Crippen LogP contribution in [0.2, 0.25) is 0 Å². The van der Waals surface area contributed by atoms with Crippen LogP contribution in [0.15, 0.2) is 22.8 Å². The second-order valence-electron chi connectivity index (χ2n) is 5.97. The minimum Gasteiger partial charge on any atom is -0.468 e. The molecule has 3 heterocycles. The summed E-state index contributed by atoms with van der Waals surface area (Å²) >= 11 is 0. The van der Waals surface area contributed by atoms with E-state index in [4.69, 9.17) is 9.15 Å². The molecular formula is C15H24N2O4S. The number of ether oxygens (including phenoxy) is 1. The molecule has 1 aromatic rings. The first-order chi connectivity index (χ1) is 10.6. The highest BCUT2D eigenvalue weighted by Crippen LogP contribution is 2.35. The molecule has 2 saturated heterocycles. The quantitative estimate of drug-likeness (QED) is 0.801. The van der Waals surface area contributed by atoms with Crippen LogP contribution in [0.3, 0.4) is 0 Å². The third-order valence-corrected chi connectivity index (χ3v) is 6.63. The van der Waals surface area contributed by atoms with Crippen molar-refractivity contribution in [3.8, 4) is 0 Å². The van der Waals surface area contributed by atoms with Gasteiger partial charge in [-0.3, -0.25) is 0 Å². The van der Waals surface area contributed by atoms with Crippen molar-refractivity contribution in [2.45, 2.75) is 32.2 Å². The molecule has 2 aliphatic heterocycles. The Bertz CT molecular complexity index is 566. The molecule has 2 atom stereocenters. The third-order valence-electron chi connectivity index (χ3n) is 4.54. The average Bonchev–Trinajstić information content (AvgIpc) is 3.25. The number of nitrogens with zero attached hydrogens (tertiary/aromatic N) is 2. The molecule has 0 saturated carbocycles. The fourth-order valence-electron chi connectivity index (χ4n) is 3.33. The molecule has 0 radical (unpaired) electrons. The standard InChI is InChI=1S/C15H24N2O4S/c1-2-16(11-13-7-10-20-12-13)22(18,19)17-8-3-5-14(17)15-6-4-9-21-15/h4,6,9,13-14H,2-3,5,7-8,10-12H2,1H3/t13-,14-/m1/s1. The summed E-state index contributed by atoms with van der Waals surface area (Å²) in [6.07, 6.45) is 4.23. The van der Waals surface area contributed by atoms with Gasteiger partial charge < -0.3 is 9.15 Å². The van der Waals surface area contributed by atoms with Crippen molar-refractivity contribution in [1.82, 2.24) is 8.61 Å². The monoisotopic (exact) mass is 328 g/mol. The molecule has 1 aromatic heterocycles. The molecule has 7 heteroatoms. The first-order valence-corrected chi connectivity index (χ1v) is 9.40. The second-order valence-corrected chi connectivity index (χ2v) is 7.85. The van der Waals surface area contributed by atoms with Crippen molar-refractivity contribution in [2.75, 3.05) is 32.8 Å². The van der Waals surface area contributed by atoms with E-state index in [-0.39, 0.29) is 6.04 Å². The molecule has 3 rings (SSSR count). The van der Waals surface area contributed by atoms with E-state index in [2.05, 4.69) is 0 Å². The van der Waals surface area contributed by atoms with Gasteiger partial charge in [-0.15, -0.1) is 0 Å². The van der Waals surface area contributed by atoms with Crippen LogP contribution in [0.4, 0.5) is 0 Å². The molecule has 2 fully saturated rings. The first kappa shape index (κ1) is 16.0. The fourth-order valence-corrected chi connectivity index (χ4v) is 5.24. The van der Waals surface area contributed by atoms with Gasteiger partial charge in [-0.1, -0.05) is 6.92 Å². The van der Waals surface area contributed by atoms with Crippen LogP contribution in [0.5, 0.6) is 0 Å². The Morgan fingerprint density at radius 1 is 1.41 bits per heavy atom. The highest BCUT2D eigenvalue weighted by molar-refractivity contribution is 7.86. The van der Waals surface area contributed by atoms with Crippen molar-refractivity contribution in [2.24, 2.45) is 5.92 Å². The maximum Gasteiger partial charge on any atom is 0.282 e. The molecule has 0 N–H and O–H groups in total. The van der Waals surface area contributed by atoms with Gasteiger partial charge in [-0.05, 0) is 37.3 Å². The third kappa shape index (κ3) is 3.08. The molecule has 124 valence electrons. The molecule has 0 amide bonds. The van der Waals surface area contributed by atoms with Crippen LogP contribution < -0.4 is 0 Å². The summed E-state index contributed by atoms with van der Waals surface area (Å²) in [5.74, 6) is 1.04. The molecule has 0 aromatic carbocycles. The van der Waals surface area contributed by atoms with Crippen LogP contribution in [0, 0.1) is 5.92 Å². The van der Waals surface area contributed by atoms with E-state index >= 15 is 0 Å². The normalized spacial score (nSPS) is 27.0. The number of furan rings is 1. The predicted molar refractivity (Wildman–Crippen MR) is 82.5 cm³/mol. The van der Waals surface area contributed by atoms with Crippen molar-refractivity contribution in [1.29, 1.82) is 0 Å². The van der Waals surface area contributed by atoms with Gasteiger partial charge in [0.2, 0.25) is 0 Å². The molecule has 6 nitrogen and oxygen atoms in total. The van der Waals surface area contributed by atoms with Crippen molar-refractivity contribution in [3.05, 3.63) is 24.2 Å². The maximum atomic E-state index is 13.0. The Morgan fingerprint density at radius 2 is 2.27 bits per heavy atom. The molecule has 0 bridgehead atoms. The summed E-state index contributed by atoms with van der Waals surface area (Å²) in [4.78, 5) is 0. The summed E-state index contributed by atoms with van der Waals surface area (Å²) in [6.45, 7) is 4.88. The van der Waals surface area contributed by atoms with Crippen LogP contribution in [-0.4, -0.2) is 49.9 Å². The van der Waals surface area contributed by atoms with Gasteiger partial charge in [0, 0.05) is 26.2 Å². The SMILES string of the molecule is CCN(C[C@H]1CCOC1)S(=O)(=O)N1CCC[C@@H]1c1ccco1. The summed E-state index contributed by atoms with van der Waals surface area (Å²) in [7, 11) is -3.46. The van der Waals surface area contributed by atoms with Gasteiger partial charge in [0.1, 0.15) is 5.76 Å². The number of rotatable bonds is 6. The molecule has 2 aliphatic rings. The summed E-state index contributed by atoms with van der Waals surface area (Å²) in [6, 6.07) is 3.50. The molecule has 0 unspecified atom stereocenters. The zero-order valence-electron chi connectivity index (χ0n) is 13.0. The lowest BCUT2D eigenvalue weighted by Crippen LogP contribution is -2.45. The summed E-state index contributed by atoms with van der Waals surface area (Å²) in [5.41, 5.74) is 0. The zero-order chi connectivity index (χ0) is 15.6. The highest BCUT2D eigenvalue weighted by Gasteiger charge is 2.40. The van der Waals surface area contributed by atoms with E-state index in [1.54, 1.807) is 14.9 Å². The largest absolute Gasteiger partial charge is 0.468 e. The minimum absolute atomic E-state index is 0.172. The lowest BCUT2D eigenvalue weighted by atomic mass is 10.1. The lowest BCUT2D eigenvalue weighted by molar-refractivity contribution is 0.179. The molecule has 0 spiro atoms. The minimum atomic E-state index is -3.46. The topological polar surface area (TPSA) is 63.0 Å². The Kier molecular flexibility index (Phi) is 4.87. The first-order valence-electron chi connectivity index (χ1n) is 8.01. The molecular weight excluding hydrogens is 304 g/mol. The van der Waals surface area contributed by atoms with Gasteiger partial charge in [0.15, 0.2) is 0 Å². The van der Waals surface area contributed by atoms with Crippen LogP contribution in [-0.2, 0) is 14.9 Å². The van der Waals surface area contributed by atoms with Crippen molar-refractivity contribution >= 4 is 10.2 Å². The van der Waals surface area contributed by atoms with E-state index < -0.39 is 10.2 Å². The zero-order valence-corrected chi connectivity index (χ0v) is 13.8. The highest BCUT2D eigenvalue weighted by atomic mass is 32.2. The summed E-state index contributed by atoms with van der Waals surface area (Å²) < 4.78 is 40.1. The number of hydrogen-bond acceptors (Lipinski definition) is 4. The summed E-state index contributed by atoms with van der Waals surface area (Å²) in [5, 5.41) is 0. The van der Waals surface area contributed by atoms with Gasteiger partial charge in [0.25, 0.3) is 10.2 Å². The maximum absolute atomic E-state index is 13.0. The lowest BCUT2D eigenvalue weighted by Gasteiger charge is -2.30.